The Morgan fingerprint density at radius 3 is 2.33 bits per heavy atom. The molecule has 1 saturated heterocycles. The van der Waals surface area contributed by atoms with Gasteiger partial charge in [0.1, 0.15) is 11.3 Å². The van der Waals surface area contributed by atoms with E-state index in [9.17, 15) is 0 Å². The van der Waals surface area contributed by atoms with Crippen molar-refractivity contribution in [2.75, 3.05) is 13.1 Å². The Morgan fingerprint density at radius 1 is 0.867 bits per heavy atom. The van der Waals surface area contributed by atoms with Crippen LogP contribution in [0.4, 0.5) is 0 Å². The average molecular weight is 395 g/mol. The number of likely N-dealkylation sites (tertiary alicyclic amines) is 1. The third-order valence-electron chi connectivity index (χ3n) is 7.13. The van der Waals surface area contributed by atoms with Gasteiger partial charge in [0.2, 0.25) is 0 Å². The molecule has 0 saturated carbocycles. The van der Waals surface area contributed by atoms with Crippen molar-refractivity contribution in [1.82, 2.24) is 4.90 Å². The fourth-order valence-corrected chi connectivity index (χ4v) is 5.82. The standard InChI is InChI=1S/C27H26N2O/c1-19-13-15-21(16-14-19)25-27(29-17-7-8-18-29)23-12-6-5-11-22(23)24(26(27)30-28-25)20-9-3-2-4-10-20/h2-6,9-16,24,26H,7-8,17-18H2,1H3/t24-,26+,27-/m0/s1. The Labute approximate surface area is 178 Å². The van der Waals surface area contributed by atoms with Crippen molar-refractivity contribution in [3.8, 4) is 0 Å². The van der Waals surface area contributed by atoms with Crippen LogP contribution in [0.25, 0.3) is 0 Å². The van der Waals surface area contributed by atoms with E-state index in [1.54, 1.807) is 0 Å². The minimum atomic E-state index is -0.330. The number of rotatable bonds is 3. The van der Waals surface area contributed by atoms with Gasteiger partial charge >= 0.3 is 0 Å². The van der Waals surface area contributed by atoms with Crippen molar-refractivity contribution >= 4 is 5.71 Å². The van der Waals surface area contributed by atoms with Crippen LogP contribution >= 0.6 is 0 Å². The topological polar surface area (TPSA) is 24.8 Å². The summed E-state index contributed by atoms with van der Waals surface area (Å²) in [5.74, 6) is 0.176. The molecule has 0 aromatic heterocycles. The summed E-state index contributed by atoms with van der Waals surface area (Å²) < 4.78 is 0. The van der Waals surface area contributed by atoms with Gasteiger partial charge < -0.3 is 4.84 Å². The summed E-state index contributed by atoms with van der Waals surface area (Å²) in [7, 11) is 0. The lowest BCUT2D eigenvalue weighted by Crippen LogP contribution is -2.54. The maximum Gasteiger partial charge on any atom is 0.166 e. The van der Waals surface area contributed by atoms with Crippen LogP contribution in [0, 0.1) is 6.92 Å². The maximum atomic E-state index is 6.39. The molecule has 30 heavy (non-hydrogen) atoms. The molecule has 0 bridgehead atoms. The summed E-state index contributed by atoms with van der Waals surface area (Å²) in [6, 6.07) is 28.5. The first-order chi connectivity index (χ1) is 14.8. The van der Waals surface area contributed by atoms with Gasteiger partial charge in [-0.2, -0.15) is 0 Å². The molecule has 2 heterocycles. The summed E-state index contributed by atoms with van der Waals surface area (Å²) in [5, 5.41) is 4.79. The first-order valence-corrected chi connectivity index (χ1v) is 11.0. The molecule has 3 nitrogen and oxygen atoms in total. The fraction of sp³-hybridized carbons (Fsp3) is 0.296. The first kappa shape index (κ1) is 17.9. The molecule has 3 atom stereocenters. The third-order valence-corrected chi connectivity index (χ3v) is 7.13. The molecular formula is C27H26N2O. The molecule has 150 valence electrons. The van der Waals surface area contributed by atoms with Crippen LogP contribution in [-0.4, -0.2) is 29.8 Å². The van der Waals surface area contributed by atoms with Crippen molar-refractivity contribution in [1.29, 1.82) is 0 Å². The van der Waals surface area contributed by atoms with Gasteiger partial charge in [0.05, 0.1) is 5.92 Å². The Balaban J connectivity index is 1.60. The molecule has 0 radical (unpaired) electrons. The number of aryl methyl sites for hydroxylation is 1. The second kappa shape index (κ2) is 6.82. The molecule has 0 spiro atoms. The highest BCUT2D eigenvalue weighted by atomic mass is 16.6. The highest BCUT2D eigenvalue weighted by Crippen LogP contribution is 2.57. The molecule has 1 fully saturated rings. The van der Waals surface area contributed by atoms with E-state index in [-0.39, 0.29) is 17.6 Å². The number of hydrogen-bond acceptors (Lipinski definition) is 3. The van der Waals surface area contributed by atoms with Crippen molar-refractivity contribution in [2.24, 2.45) is 5.16 Å². The molecule has 0 amide bonds. The fourth-order valence-electron chi connectivity index (χ4n) is 5.82. The van der Waals surface area contributed by atoms with E-state index < -0.39 is 0 Å². The van der Waals surface area contributed by atoms with E-state index in [0.717, 1.165) is 18.8 Å². The van der Waals surface area contributed by atoms with Crippen LogP contribution in [0.3, 0.4) is 0 Å². The van der Waals surface area contributed by atoms with Crippen molar-refractivity contribution in [2.45, 2.75) is 37.3 Å². The van der Waals surface area contributed by atoms with Gasteiger partial charge in [-0.15, -0.1) is 0 Å². The second-order valence-corrected chi connectivity index (χ2v) is 8.77. The highest BCUT2D eigenvalue weighted by Gasteiger charge is 2.64. The lowest BCUT2D eigenvalue weighted by Gasteiger charge is -2.40. The number of benzene rings is 3. The molecule has 0 N–H and O–H groups in total. The Morgan fingerprint density at radius 2 is 1.57 bits per heavy atom. The minimum Gasteiger partial charge on any atom is -0.388 e. The average Bonchev–Trinajstić information content (AvgIpc) is 3.50. The van der Waals surface area contributed by atoms with Crippen LogP contribution < -0.4 is 0 Å². The number of nitrogens with zero attached hydrogens (tertiary/aromatic N) is 2. The molecular weight excluding hydrogens is 368 g/mol. The van der Waals surface area contributed by atoms with Crippen LogP contribution in [0.2, 0.25) is 0 Å². The predicted octanol–water partition coefficient (Wildman–Crippen LogP) is 5.23. The molecule has 3 aromatic rings. The lowest BCUT2D eigenvalue weighted by molar-refractivity contribution is -0.00268. The molecule has 1 aliphatic carbocycles. The van der Waals surface area contributed by atoms with E-state index >= 15 is 0 Å². The summed E-state index contributed by atoms with van der Waals surface area (Å²) in [5.41, 5.74) is 7.21. The van der Waals surface area contributed by atoms with E-state index in [0.29, 0.717) is 0 Å². The Hall–Kier alpha value is -2.91. The van der Waals surface area contributed by atoms with Crippen molar-refractivity contribution in [3.63, 3.8) is 0 Å². The van der Waals surface area contributed by atoms with Crippen molar-refractivity contribution < 1.29 is 4.84 Å². The zero-order chi connectivity index (χ0) is 20.1. The zero-order valence-corrected chi connectivity index (χ0v) is 17.3. The van der Waals surface area contributed by atoms with E-state index in [2.05, 4.69) is 90.7 Å². The molecule has 3 aromatic carbocycles. The summed E-state index contributed by atoms with van der Waals surface area (Å²) in [6.07, 6.45) is 2.41. The van der Waals surface area contributed by atoms with Gasteiger partial charge in [0.15, 0.2) is 6.10 Å². The minimum absolute atomic E-state index is 0.0493. The summed E-state index contributed by atoms with van der Waals surface area (Å²) in [6.45, 7) is 4.30. The molecule has 3 heteroatoms. The van der Waals surface area contributed by atoms with Gasteiger partial charge in [0.25, 0.3) is 0 Å². The van der Waals surface area contributed by atoms with Crippen LogP contribution in [0.1, 0.15) is 46.6 Å². The Bertz CT molecular complexity index is 1100. The molecule has 2 aliphatic heterocycles. The maximum absolute atomic E-state index is 6.39. The smallest absolute Gasteiger partial charge is 0.166 e. The Kier molecular flexibility index (Phi) is 4.07. The SMILES string of the molecule is Cc1ccc(C2=NO[C@@H]3[C@@H](c4ccccc4)c4ccccc4[C@]23N2CCCC2)cc1. The number of hydrogen-bond donors (Lipinski definition) is 0. The monoisotopic (exact) mass is 394 g/mol. The number of oxime groups is 1. The quantitative estimate of drug-likeness (QED) is 0.607. The predicted molar refractivity (Wildman–Crippen MR) is 120 cm³/mol. The van der Waals surface area contributed by atoms with Gasteiger partial charge in [-0.3, -0.25) is 4.90 Å². The van der Waals surface area contributed by atoms with Crippen LogP contribution in [-0.2, 0) is 10.4 Å². The van der Waals surface area contributed by atoms with Gasteiger partial charge in [-0.1, -0.05) is 89.6 Å². The largest absolute Gasteiger partial charge is 0.388 e. The van der Waals surface area contributed by atoms with Crippen molar-refractivity contribution in [3.05, 3.63) is 107 Å². The normalized spacial score (nSPS) is 27.4. The molecule has 0 unspecified atom stereocenters. The van der Waals surface area contributed by atoms with Crippen LogP contribution in [0.15, 0.2) is 84.0 Å². The molecule has 3 aliphatic rings. The summed E-state index contributed by atoms with van der Waals surface area (Å²) >= 11 is 0. The van der Waals surface area contributed by atoms with Gasteiger partial charge in [-0.25, -0.2) is 0 Å². The molecule has 6 rings (SSSR count). The van der Waals surface area contributed by atoms with E-state index in [4.69, 9.17) is 9.99 Å². The second-order valence-electron chi connectivity index (χ2n) is 8.77. The summed E-state index contributed by atoms with van der Waals surface area (Å²) in [4.78, 5) is 9.03. The zero-order valence-electron chi connectivity index (χ0n) is 17.3. The van der Waals surface area contributed by atoms with E-state index in [1.165, 1.54) is 40.7 Å². The highest BCUT2D eigenvalue weighted by molar-refractivity contribution is 6.10. The lowest BCUT2D eigenvalue weighted by atomic mass is 9.78. The van der Waals surface area contributed by atoms with Gasteiger partial charge in [0, 0.05) is 5.56 Å². The van der Waals surface area contributed by atoms with E-state index in [1.807, 2.05) is 0 Å². The van der Waals surface area contributed by atoms with Crippen LogP contribution in [0.5, 0.6) is 0 Å². The van der Waals surface area contributed by atoms with Gasteiger partial charge in [-0.05, 0) is 49.5 Å². The third kappa shape index (κ3) is 2.39. The number of fused-ring (bicyclic) bond motifs is 3. The first-order valence-electron chi connectivity index (χ1n) is 11.0.